The number of carbonyl (C=O) groups is 1. The number of nitrogens with one attached hydrogen (secondary N) is 1. The van der Waals surface area contributed by atoms with Crippen molar-refractivity contribution in [3.8, 4) is 0 Å². The first-order chi connectivity index (χ1) is 5.33. The number of hydrogen-bond donors (Lipinski definition) is 1. The van der Waals surface area contributed by atoms with E-state index >= 15 is 0 Å². The molecule has 0 spiro atoms. The van der Waals surface area contributed by atoms with Gasteiger partial charge in [0.15, 0.2) is 0 Å². The van der Waals surface area contributed by atoms with Crippen LogP contribution in [0.1, 0.15) is 38.5 Å². The largest absolute Gasteiger partial charge is 0.359 e. The molecular weight excluding hydrogens is 138 g/mol. The van der Waals surface area contributed by atoms with Gasteiger partial charge in [-0.3, -0.25) is 4.79 Å². The van der Waals surface area contributed by atoms with Crippen LogP contribution in [0.25, 0.3) is 0 Å². The van der Waals surface area contributed by atoms with Crippen LogP contribution < -0.4 is 5.32 Å². The lowest BCUT2D eigenvalue weighted by molar-refractivity contribution is -0.120. The van der Waals surface area contributed by atoms with Crippen molar-refractivity contribution in [2.75, 3.05) is 7.05 Å². The van der Waals surface area contributed by atoms with E-state index in [0.29, 0.717) is 0 Å². The van der Waals surface area contributed by atoms with Gasteiger partial charge in [0.2, 0.25) is 5.91 Å². The third kappa shape index (κ3) is 2.91. The summed E-state index contributed by atoms with van der Waals surface area (Å²) in [4.78, 5) is 10.9. The van der Waals surface area contributed by atoms with Gasteiger partial charge in [-0.2, -0.15) is 0 Å². The standard InChI is InChI=1S/C9H17NO/c1-10-9(11)7-6-8-4-2-3-5-8/h8H,2-7H2,1H3,(H,10,11). The van der Waals surface area contributed by atoms with Crippen molar-refractivity contribution in [1.29, 1.82) is 0 Å². The summed E-state index contributed by atoms with van der Waals surface area (Å²) in [6.07, 6.45) is 7.26. The Bertz CT molecular complexity index is 128. The highest BCUT2D eigenvalue weighted by Gasteiger charge is 2.15. The first kappa shape index (κ1) is 8.57. The summed E-state index contributed by atoms with van der Waals surface area (Å²) in [5.74, 6) is 1.03. The van der Waals surface area contributed by atoms with Gasteiger partial charge in [-0.15, -0.1) is 0 Å². The monoisotopic (exact) mass is 155 g/mol. The minimum absolute atomic E-state index is 0.192. The maximum absolute atomic E-state index is 10.9. The van der Waals surface area contributed by atoms with Gasteiger partial charge >= 0.3 is 0 Å². The molecule has 1 aliphatic rings. The van der Waals surface area contributed by atoms with E-state index in [-0.39, 0.29) is 5.91 Å². The Kier molecular flexibility index (Phi) is 3.40. The summed E-state index contributed by atoms with van der Waals surface area (Å²) >= 11 is 0. The SMILES string of the molecule is CNC(=O)CCC1CCCC1. The third-order valence-electron chi connectivity index (χ3n) is 2.53. The minimum Gasteiger partial charge on any atom is -0.359 e. The van der Waals surface area contributed by atoms with Gasteiger partial charge < -0.3 is 5.32 Å². The lowest BCUT2D eigenvalue weighted by Gasteiger charge is -2.06. The zero-order valence-corrected chi connectivity index (χ0v) is 7.23. The van der Waals surface area contributed by atoms with Crippen LogP contribution >= 0.6 is 0 Å². The number of amides is 1. The molecule has 1 N–H and O–H groups in total. The molecular formula is C9H17NO. The smallest absolute Gasteiger partial charge is 0.219 e. The predicted octanol–water partition coefficient (Wildman–Crippen LogP) is 1.70. The first-order valence-electron chi connectivity index (χ1n) is 4.53. The molecule has 2 heteroatoms. The Hall–Kier alpha value is -0.530. The Morgan fingerprint density at radius 3 is 2.64 bits per heavy atom. The highest BCUT2D eigenvalue weighted by molar-refractivity contribution is 5.75. The van der Waals surface area contributed by atoms with Crippen molar-refractivity contribution in [3.63, 3.8) is 0 Å². The molecule has 0 radical (unpaired) electrons. The first-order valence-corrected chi connectivity index (χ1v) is 4.53. The summed E-state index contributed by atoms with van der Waals surface area (Å²) in [5.41, 5.74) is 0. The van der Waals surface area contributed by atoms with Gasteiger partial charge in [0, 0.05) is 13.5 Å². The molecule has 0 saturated heterocycles. The number of hydrogen-bond acceptors (Lipinski definition) is 1. The molecule has 1 rings (SSSR count). The van der Waals surface area contributed by atoms with Crippen LogP contribution in [0.2, 0.25) is 0 Å². The van der Waals surface area contributed by atoms with Gasteiger partial charge in [-0.05, 0) is 12.3 Å². The molecule has 1 saturated carbocycles. The van der Waals surface area contributed by atoms with Crippen LogP contribution in [-0.2, 0) is 4.79 Å². The fourth-order valence-corrected chi connectivity index (χ4v) is 1.76. The average molecular weight is 155 g/mol. The fourth-order valence-electron chi connectivity index (χ4n) is 1.76. The molecule has 1 aliphatic carbocycles. The zero-order valence-electron chi connectivity index (χ0n) is 7.23. The molecule has 1 fully saturated rings. The second kappa shape index (κ2) is 4.37. The molecule has 0 heterocycles. The second-order valence-corrected chi connectivity index (χ2v) is 3.36. The van der Waals surface area contributed by atoms with Crippen LogP contribution in [0.5, 0.6) is 0 Å². The van der Waals surface area contributed by atoms with Crippen molar-refractivity contribution >= 4 is 5.91 Å². The highest BCUT2D eigenvalue weighted by atomic mass is 16.1. The van der Waals surface area contributed by atoms with Gasteiger partial charge in [0.1, 0.15) is 0 Å². The van der Waals surface area contributed by atoms with Crippen LogP contribution in [0, 0.1) is 5.92 Å². The van der Waals surface area contributed by atoms with Crippen molar-refractivity contribution in [2.24, 2.45) is 5.92 Å². The lowest BCUT2D eigenvalue weighted by Crippen LogP contribution is -2.18. The number of rotatable bonds is 3. The highest BCUT2D eigenvalue weighted by Crippen LogP contribution is 2.28. The molecule has 0 aliphatic heterocycles. The summed E-state index contributed by atoms with van der Waals surface area (Å²) < 4.78 is 0. The molecule has 0 aromatic heterocycles. The summed E-state index contributed by atoms with van der Waals surface area (Å²) in [6, 6.07) is 0. The average Bonchev–Trinajstić information content (AvgIpc) is 2.52. The topological polar surface area (TPSA) is 29.1 Å². The van der Waals surface area contributed by atoms with E-state index in [0.717, 1.165) is 18.8 Å². The Morgan fingerprint density at radius 2 is 2.09 bits per heavy atom. The zero-order chi connectivity index (χ0) is 8.10. The van der Waals surface area contributed by atoms with E-state index in [2.05, 4.69) is 5.32 Å². The third-order valence-corrected chi connectivity index (χ3v) is 2.53. The molecule has 0 bridgehead atoms. The molecule has 64 valence electrons. The summed E-state index contributed by atoms with van der Waals surface area (Å²) in [7, 11) is 1.71. The van der Waals surface area contributed by atoms with Gasteiger partial charge in [0.25, 0.3) is 0 Å². The van der Waals surface area contributed by atoms with Crippen molar-refractivity contribution in [1.82, 2.24) is 5.32 Å². The van der Waals surface area contributed by atoms with Crippen LogP contribution in [0.4, 0.5) is 0 Å². The van der Waals surface area contributed by atoms with E-state index in [4.69, 9.17) is 0 Å². The van der Waals surface area contributed by atoms with E-state index in [1.807, 2.05) is 0 Å². The molecule has 0 aromatic carbocycles. The number of carbonyl (C=O) groups excluding carboxylic acids is 1. The maximum Gasteiger partial charge on any atom is 0.219 e. The van der Waals surface area contributed by atoms with E-state index in [9.17, 15) is 4.79 Å². The van der Waals surface area contributed by atoms with E-state index in [1.54, 1.807) is 7.05 Å². The Labute approximate surface area is 68.4 Å². The van der Waals surface area contributed by atoms with E-state index < -0.39 is 0 Å². The van der Waals surface area contributed by atoms with Crippen LogP contribution in [0.15, 0.2) is 0 Å². The molecule has 0 unspecified atom stereocenters. The van der Waals surface area contributed by atoms with Gasteiger partial charge in [0.05, 0.1) is 0 Å². The van der Waals surface area contributed by atoms with Gasteiger partial charge in [-0.1, -0.05) is 25.7 Å². The Morgan fingerprint density at radius 1 is 1.45 bits per heavy atom. The molecule has 0 atom stereocenters. The predicted molar refractivity (Wildman–Crippen MR) is 45.3 cm³/mol. The normalized spacial score (nSPS) is 18.6. The quantitative estimate of drug-likeness (QED) is 0.660. The molecule has 1 amide bonds. The molecule has 2 nitrogen and oxygen atoms in total. The van der Waals surface area contributed by atoms with Crippen molar-refractivity contribution in [2.45, 2.75) is 38.5 Å². The minimum atomic E-state index is 0.192. The maximum atomic E-state index is 10.9. The Balaban J connectivity index is 2.06. The fraction of sp³-hybridized carbons (Fsp3) is 0.889. The van der Waals surface area contributed by atoms with Crippen molar-refractivity contribution < 1.29 is 4.79 Å². The van der Waals surface area contributed by atoms with Crippen LogP contribution in [0.3, 0.4) is 0 Å². The van der Waals surface area contributed by atoms with Crippen molar-refractivity contribution in [3.05, 3.63) is 0 Å². The molecule has 0 aromatic rings. The summed E-state index contributed by atoms with van der Waals surface area (Å²) in [5, 5.41) is 2.65. The summed E-state index contributed by atoms with van der Waals surface area (Å²) in [6.45, 7) is 0. The molecule has 11 heavy (non-hydrogen) atoms. The van der Waals surface area contributed by atoms with E-state index in [1.165, 1.54) is 25.7 Å². The second-order valence-electron chi connectivity index (χ2n) is 3.36. The van der Waals surface area contributed by atoms with Crippen LogP contribution in [-0.4, -0.2) is 13.0 Å². The van der Waals surface area contributed by atoms with Gasteiger partial charge in [-0.25, -0.2) is 0 Å². The lowest BCUT2D eigenvalue weighted by atomic mass is 10.0.